The highest BCUT2D eigenvalue weighted by Crippen LogP contribution is 2.26. The standard InChI is InChI=1S/C29H34ClN5O2S/c1-20(2)16-27(37)35-15-14-34(18-21(35)3)25-17-24(30)31-29(32-25)38-19-26(36)33-28(22-10-6-4-7-11-22)23-12-8-5-9-13-23/h4-13,17,20-21,28H,14-16,18-19H2,1-3H3,(H,33,36). The van der Waals surface area contributed by atoms with Gasteiger partial charge in [-0.25, -0.2) is 9.97 Å². The summed E-state index contributed by atoms with van der Waals surface area (Å²) in [6, 6.07) is 21.4. The number of piperazine rings is 1. The largest absolute Gasteiger partial charge is 0.353 e. The fourth-order valence-corrected chi connectivity index (χ4v) is 5.49. The molecular weight excluding hydrogens is 518 g/mol. The van der Waals surface area contributed by atoms with E-state index in [9.17, 15) is 9.59 Å². The molecule has 2 aromatic carbocycles. The van der Waals surface area contributed by atoms with Crippen LogP contribution in [0.15, 0.2) is 71.9 Å². The van der Waals surface area contributed by atoms with E-state index in [0.29, 0.717) is 48.1 Å². The first kappa shape index (κ1) is 27.9. The van der Waals surface area contributed by atoms with Gasteiger partial charge in [-0.15, -0.1) is 0 Å². The van der Waals surface area contributed by atoms with Crippen molar-refractivity contribution in [3.63, 3.8) is 0 Å². The van der Waals surface area contributed by atoms with Gasteiger partial charge in [0.2, 0.25) is 11.8 Å². The molecule has 0 aliphatic carbocycles. The first-order valence-corrected chi connectivity index (χ1v) is 14.3. The van der Waals surface area contributed by atoms with Gasteiger partial charge in [0.15, 0.2) is 5.16 Å². The van der Waals surface area contributed by atoms with E-state index >= 15 is 0 Å². The van der Waals surface area contributed by atoms with Gasteiger partial charge in [-0.2, -0.15) is 0 Å². The van der Waals surface area contributed by atoms with Crippen molar-refractivity contribution in [1.29, 1.82) is 0 Å². The lowest BCUT2D eigenvalue weighted by Gasteiger charge is -2.40. The molecule has 2 heterocycles. The molecule has 4 rings (SSSR count). The van der Waals surface area contributed by atoms with Crippen LogP contribution in [0.3, 0.4) is 0 Å². The molecule has 7 nitrogen and oxygen atoms in total. The third kappa shape index (κ3) is 7.48. The Morgan fingerprint density at radius 1 is 1.03 bits per heavy atom. The average molecular weight is 552 g/mol. The number of rotatable bonds is 9. The second kappa shape index (κ2) is 13.1. The highest BCUT2D eigenvalue weighted by Gasteiger charge is 2.28. The number of anilines is 1. The Labute approximate surface area is 234 Å². The Bertz CT molecular complexity index is 1190. The number of carbonyl (C=O) groups is 2. The van der Waals surface area contributed by atoms with Crippen LogP contribution in [0.4, 0.5) is 5.82 Å². The maximum atomic E-state index is 13.0. The molecule has 200 valence electrons. The van der Waals surface area contributed by atoms with Gasteiger partial charge in [-0.05, 0) is 24.0 Å². The Hall–Kier alpha value is -3.10. The summed E-state index contributed by atoms with van der Waals surface area (Å²) < 4.78 is 0. The van der Waals surface area contributed by atoms with Crippen LogP contribution in [0.1, 0.15) is 44.4 Å². The van der Waals surface area contributed by atoms with Crippen molar-refractivity contribution in [2.45, 2.75) is 44.4 Å². The first-order valence-electron chi connectivity index (χ1n) is 12.9. The summed E-state index contributed by atoms with van der Waals surface area (Å²) in [6.07, 6.45) is 0.557. The molecule has 1 saturated heterocycles. The van der Waals surface area contributed by atoms with Crippen molar-refractivity contribution in [2.24, 2.45) is 5.92 Å². The third-order valence-electron chi connectivity index (χ3n) is 6.42. The minimum absolute atomic E-state index is 0.0681. The van der Waals surface area contributed by atoms with Crippen LogP contribution in [0.25, 0.3) is 0 Å². The molecule has 1 N–H and O–H groups in total. The van der Waals surface area contributed by atoms with E-state index in [4.69, 9.17) is 11.6 Å². The normalized spacial score (nSPS) is 15.7. The van der Waals surface area contributed by atoms with Crippen molar-refractivity contribution in [2.75, 3.05) is 30.3 Å². The lowest BCUT2D eigenvalue weighted by atomic mass is 9.99. The number of aromatic nitrogens is 2. The van der Waals surface area contributed by atoms with Crippen LogP contribution in [-0.2, 0) is 9.59 Å². The molecule has 0 spiro atoms. The Morgan fingerprint density at radius 3 is 2.24 bits per heavy atom. The van der Waals surface area contributed by atoms with E-state index in [1.807, 2.05) is 65.6 Å². The molecule has 1 fully saturated rings. The van der Waals surface area contributed by atoms with Crippen LogP contribution >= 0.6 is 23.4 Å². The van der Waals surface area contributed by atoms with E-state index < -0.39 is 0 Å². The van der Waals surface area contributed by atoms with Crippen LogP contribution < -0.4 is 10.2 Å². The molecule has 1 unspecified atom stereocenters. The topological polar surface area (TPSA) is 78.4 Å². The SMILES string of the molecule is CC(C)CC(=O)N1CCN(c2cc(Cl)nc(SCC(=O)NC(c3ccccc3)c3ccccc3)n2)CC1C. The lowest BCUT2D eigenvalue weighted by Crippen LogP contribution is -2.54. The second-order valence-electron chi connectivity index (χ2n) is 9.92. The molecule has 1 aliphatic rings. The van der Waals surface area contributed by atoms with Crippen molar-refractivity contribution in [3.8, 4) is 0 Å². The number of halogens is 1. The maximum absolute atomic E-state index is 13.0. The molecular formula is C29H34ClN5O2S. The summed E-state index contributed by atoms with van der Waals surface area (Å²) >= 11 is 7.60. The first-order chi connectivity index (χ1) is 18.3. The van der Waals surface area contributed by atoms with E-state index in [1.165, 1.54) is 11.8 Å². The van der Waals surface area contributed by atoms with Crippen molar-refractivity contribution < 1.29 is 9.59 Å². The zero-order valence-corrected chi connectivity index (χ0v) is 23.6. The number of hydrogen-bond donors (Lipinski definition) is 1. The summed E-state index contributed by atoms with van der Waals surface area (Å²) in [6.45, 7) is 8.15. The fraction of sp³-hybridized carbons (Fsp3) is 0.379. The number of amides is 2. The summed E-state index contributed by atoms with van der Waals surface area (Å²) in [5.41, 5.74) is 2.02. The number of nitrogens with one attached hydrogen (secondary N) is 1. The number of thioether (sulfide) groups is 1. The van der Waals surface area contributed by atoms with E-state index in [2.05, 4.69) is 41.0 Å². The zero-order chi connectivity index (χ0) is 27.1. The van der Waals surface area contributed by atoms with Crippen LogP contribution in [-0.4, -0.2) is 58.1 Å². The molecule has 3 aromatic rings. The van der Waals surface area contributed by atoms with E-state index in [1.54, 1.807) is 6.07 Å². The lowest BCUT2D eigenvalue weighted by molar-refractivity contribution is -0.134. The van der Waals surface area contributed by atoms with Crippen LogP contribution in [0.5, 0.6) is 0 Å². The van der Waals surface area contributed by atoms with Crippen LogP contribution in [0.2, 0.25) is 5.15 Å². The average Bonchev–Trinajstić information content (AvgIpc) is 2.90. The Kier molecular flexibility index (Phi) is 9.63. The van der Waals surface area contributed by atoms with Gasteiger partial charge >= 0.3 is 0 Å². The predicted octanol–water partition coefficient (Wildman–Crippen LogP) is 5.21. The molecule has 1 aromatic heterocycles. The van der Waals surface area contributed by atoms with Gasteiger partial charge in [0.1, 0.15) is 11.0 Å². The maximum Gasteiger partial charge on any atom is 0.231 e. The molecule has 9 heteroatoms. The Morgan fingerprint density at radius 2 is 1.66 bits per heavy atom. The van der Waals surface area contributed by atoms with Crippen molar-refractivity contribution >= 4 is 41.0 Å². The highest BCUT2D eigenvalue weighted by molar-refractivity contribution is 7.99. The molecule has 0 saturated carbocycles. The van der Waals surface area contributed by atoms with Gasteiger partial charge < -0.3 is 15.1 Å². The summed E-state index contributed by atoms with van der Waals surface area (Å²) in [7, 11) is 0. The second-order valence-corrected chi connectivity index (χ2v) is 11.3. The predicted molar refractivity (Wildman–Crippen MR) is 153 cm³/mol. The van der Waals surface area contributed by atoms with Crippen molar-refractivity contribution in [3.05, 3.63) is 83.0 Å². The molecule has 0 radical (unpaired) electrons. The van der Waals surface area contributed by atoms with Gasteiger partial charge in [0.05, 0.1) is 11.8 Å². The third-order valence-corrected chi connectivity index (χ3v) is 7.46. The molecule has 1 aliphatic heterocycles. The zero-order valence-electron chi connectivity index (χ0n) is 22.0. The van der Waals surface area contributed by atoms with Gasteiger partial charge in [-0.1, -0.05) is 97.9 Å². The number of nitrogens with zero attached hydrogens (tertiary/aromatic N) is 4. The fourth-order valence-electron chi connectivity index (χ4n) is 4.60. The monoisotopic (exact) mass is 551 g/mol. The molecule has 0 bridgehead atoms. The summed E-state index contributed by atoms with van der Waals surface area (Å²) in [5.74, 6) is 1.27. The summed E-state index contributed by atoms with van der Waals surface area (Å²) in [5, 5.41) is 3.93. The number of hydrogen-bond acceptors (Lipinski definition) is 6. The quantitative estimate of drug-likeness (QED) is 0.223. The van der Waals surface area contributed by atoms with Gasteiger partial charge in [0.25, 0.3) is 0 Å². The smallest absolute Gasteiger partial charge is 0.231 e. The highest BCUT2D eigenvalue weighted by atomic mass is 35.5. The Balaban J connectivity index is 1.39. The van der Waals surface area contributed by atoms with Crippen molar-refractivity contribution in [1.82, 2.24) is 20.2 Å². The summed E-state index contributed by atoms with van der Waals surface area (Å²) in [4.78, 5) is 38.7. The minimum Gasteiger partial charge on any atom is -0.353 e. The van der Waals surface area contributed by atoms with E-state index in [0.717, 1.165) is 11.1 Å². The van der Waals surface area contributed by atoms with Gasteiger partial charge in [-0.3, -0.25) is 9.59 Å². The molecule has 38 heavy (non-hydrogen) atoms. The van der Waals surface area contributed by atoms with Gasteiger partial charge in [0, 0.05) is 38.2 Å². The van der Waals surface area contributed by atoms with E-state index in [-0.39, 0.29) is 29.7 Å². The number of carbonyl (C=O) groups excluding carboxylic acids is 2. The molecule has 2 amide bonds. The minimum atomic E-state index is -0.252. The molecule has 1 atom stereocenters. The number of benzene rings is 2. The van der Waals surface area contributed by atoms with Crippen LogP contribution in [0, 0.1) is 5.92 Å².